The van der Waals surface area contributed by atoms with Gasteiger partial charge in [-0.1, -0.05) is 12.1 Å². The van der Waals surface area contributed by atoms with Crippen LogP contribution in [0.2, 0.25) is 0 Å². The van der Waals surface area contributed by atoms with Crippen molar-refractivity contribution >= 4 is 30.0 Å². The largest absolute Gasteiger partial charge is 0.493 e. The van der Waals surface area contributed by atoms with Crippen LogP contribution in [0.4, 0.5) is 5.69 Å². The number of hydrogen-bond acceptors (Lipinski definition) is 6. The molecule has 2 rings (SSSR count). The molecule has 2 aromatic carbocycles. The van der Waals surface area contributed by atoms with Gasteiger partial charge < -0.3 is 25.3 Å². The van der Waals surface area contributed by atoms with Crippen LogP contribution in [-0.2, 0) is 16.0 Å². The molecule has 0 aliphatic heterocycles. The predicted molar refractivity (Wildman–Crippen MR) is 110 cm³/mol. The maximum Gasteiger partial charge on any atom is 0.337 e. The van der Waals surface area contributed by atoms with Crippen LogP contribution < -0.4 is 20.5 Å². The Morgan fingerprint density at radius 3 is 2.14 bits per heavy atom. The zero-order valence-electron chi connectivity index (χ0n) is 16.3. The highest BCUT2D eigenvalue weighted by atomic mass is 35.5. The number of benzene rings is 2. The second-order valence-corrected chi connectivity index (χ2v) is 6.01. The van der Waals surface area contributed by atoms with Gasteiger partial charge >= 0.3 is 5.97 Å². The monoisotopic (exact) mass is 408 g/mol. The molecule has 152 valence electrons. The third-order valence-corrected chi connectivity index (χ3v) is 4.16. The molecule has 28 heavy (non-hydrogen) atoms. The normalized spacial score (nSPS) is 11.0. The van der Waals surface area contributed by atoms with Crippen LogP contribution in [0.25, 0.3) is 0 Å². The standard InChI is InChI=1S/C20H24N2O5.ClH/c1-12-9-17(25-2)18(26-3)11-16(12)22-19(23)15(21)10-13-5-7-14(8-6-13)20(24)27-4;/h5-9,11,15H,10,21H2,1-4H3,(H,22,23);1H/t15-;/m0./s1. The smallest absolute Gasteiger partial charge is 0.337 e. The molecule has 8 heteroatoms. The minimum atomic E-state index is -0.749. The Morgan fingerprint density at radius 2 is 1.61 bits per heavy atom. The van der Waals surface area contributed by atoms with Crippen molar-refractivity contribution in [2.24, 2.45) is 5.73 Å². The average Bonchev–Trinajstić information content (AvgIpc) is 2.68. The summed E-state index contributed by atoms with van der Waals surface area (Å²) in [6.07, 6.45) is 0.333. The van der Waals surface area contributed by atoms with E-state index in [-0.39, 0.29) is 18.3 Å². The van der Waals surface area contributed by atoms with E-state index in [9.17, 15) is 9.59 Å². The number of halogens is 1. The number of methoxy groups -OCH3 is 3. The van der Waals surface area contributed by atoms with Crippen molar-refractivity contribution in [3.8, 4) is 11.5 Å². The van der Waals surface area contributed by atoms with E-state index >= 15 is 0 Å². The number of carbonyl (C=O) groups is 2. The molecule has 0 fully saturated rings. The first kappa shape index (κ1) is 23.3. The number of nitrogens with one attached hydrogen (secondary N) is 1. The summed E-state index contributed by atoms with van der Waals surface area (Å²) in [7, 11) is 4.41. The predicted octanol–water partition coefficient (Wildman–Crippen LogP) is 2.73. The van der Waals surface area contributed by atoms with Gasteiger partial charge in [0.25, 0.3) is 0 Å². The summed E-state index contributed by atoms with van der Waals surface area (Å²) in [6, 6.07) is 9.52. The quantitative estimate of drug-likeness (QED) is 0.683. The van der Waals surface area contributed by atoms with E-state index in [0.717, 1.165) is 11.1 Å². The lowest BCUT2D eigenvalue weighted by molar-refractivity contribution is -0.117. The highest BCUT2D eigenvalue weighted by molar-refractivity contribution is 5.96. The molecule has 0 saturated carbocycles. The lowest BCUT2D eigenvalue weighted by atomic mass is 10.0. The molecule has 1 amide bonds. The number of carbonyl (C=O) groups excluding carboxylic acids is 2. The van der Waals surface area contributed by atoms with Gasteiger partial charge in [0.2, 0.25) is 5.91 Å². The van der Waals surface area contributed by atoms with E-state index < -0.39 is 12.0 Å². The second kappa shape index (κ2) is 10.5. The minimum Gasteiger partial charge on any atom is -0.493 e. The summed E-state index contributed by atoms with van der Waals surface area (Å²) in [5.74, 6) is 0.378. The van der Waals surface area contributed by atoms with E-state index in [1.54, 1.807) is 43.5 Å². The molecule has 0 aromatic heterocycles. The van der Waals surface area contributed by atoms with Gasteiger partial charge in [0.1, 0.15) is 0 Å². The van der Waals surface area contributed by atoms with Crippen molar-refractivity contribution in [1.82, 2.24) is 0 Å². The molecule has 0 aliphatic carbocycles. The Kier molecular flexibility index (Phi) is 8.76. The summed E-state index contributed by atoms with van der Waals surface area (Å²) in [5.41, 5.74) is 8.76. The molecule has 3 N–H and O–H groups in total. The topological polar surface area (TPSA) is 99.9 Å². The first-order chi connectivity index (χ1) is 12.9. The molecule has 0 aliphatic rings. The van der Waals surface area contributed by atoms with Crippen LogP contribution in [-0.4, -0.2) is 39.2 Å². The van der Waals surface area contributed by atoms with Crippen LogP contribution in [0, 0.1) is 6.92 Å². The van der Waals surface area contributed by atoms with Gasteiger partial charge in [-0.15, -0.1) is 12.4 Å². The Balaban J connectivity index is 0.00000392. The van der Waals surface area contributed by atoms with Gasteiger partial charge in [-0.25, -0.2) is 4.79 Å². The Bertz CT molecular complexity index is 824. The number of rotatable bonds is 7. The summed E-state index contributed by atoms with van der Waals surface area (Å²) in [4.78, 5) is 23.9. The maximum absolute atomic E-state index is 12.5. The fourth-order valence-electron chi connectivity index (χ4n) is 2.58. The first-order valence-corrected chi connectivity index (χ1v) is 8.36. The summed E-state index contributed by atoms with van der Waals surface area (Å²) in [5, 5.41) is 2.82. The van der Waals surface area contributed by atoms with Crippen LogP contribution in [0.1, 0.15) is 21.5 Å². The van der Waals surface area contributed by atoms with Crippen LogP contribution in [0.3, 0.4) is 0 Å². The zero-order chi connectivity index (χ0) is 20.0. The van der Waals surface area contributed by atoms with E-state index in [2.05, 4.69) is 10.1 Å². The van der Waals surface area contributed by atoms with Gasteiger partial charge in [-0.05, 0) is 42.7 Å². The number of hydrogen-bond donors (Lipinski definition) is 2. The highest BCUT2D eigenvalue weighted by Crippen LogP contribution is 2.32. The third kappa shape index (κ3) is 5.61. The fourth-order valence-corrected chi connectivity index (χ4v) is 2.58. The molecule has 0 spiro atoms. The van der Waals surface area contributed by atoms with Crippen LogP contribution >= 0.6 is 12.4 Å². The third-order valence-electron chi connectivity index (χ3n) is 4.16. The first-order valence-electron chi connectivity index (χ1n) is 8.36. The van der Waals surface area contributed by atoms with Crippen molar-refractivity contribution in [1.29, 1.82) is 0 Å². The molecule has 0 bridgehead atoms. The number of amides is 1. The molecule has 0 saturated heterocycles. The molecule has 1 atom stereocenters. The molecular formula is C20H25ClN2O5. The van der Waals surface area contributed by atoms with E-state index in [1.807, 2.05) is 6.92 Å². The van der Waals surface area contributed by atoms with Crippen molar-refractivity contribution in [2.45, 2.75) is 19.4 Å². The Morgan fingerprint density at radius 1 is 1.04 bits per heavy atom. The van der Waals surface area contributed by atoms with Gasteiger partial charge in [0.15, 0.2) is 11.5 Å². The molecule has 7 nitrogen and oxygen atoms in total. The zero-order valence-corrected chi connectivity index (χ0v) is 17.1. The Hall–Kier alpha value is -2.77. The van der Waals surface area contributed by atoms with Crippen molar-refractivity contribution in [3.05, 3.63) is 53.1 Å². The van der Waals surface area contributed by atoms with Crippen LogP contribution in [0.5, 0.6) is 11.5 Å². The number of anilines is 1. The lowest BCUT2D eigenvalue weighted by Crippen LogP contribution is -2.37. The molecular weight excluding hydrogens is 384 g/mol. The van der Waals surface area contributed by atoms with Crippen molar-refractivity contribution in [3.63, 3.8) is 0 Å². The average molecular weight is 409 g/mol. The lowest BCUT2D eigenvalue weighted by Gasteiger charge is -2.16. The van der Waals surface area contributed by atoms with Gasteiger partial charge in [0.05, 0.1) is 32.9 Å². The maximum atomic E-state index is 12.5. The van der Waals surface area contributed by atoms with E-state index in [4.69, 9.17) is 15.2 Å². The van der Waals surface area contributed by atoms with Crippen LogP contribution in [0.15, 0.2) is 36.4 Å². The molecule has 0 unspecified atom stereocenters. The van der Waals surface area contributed by atoms with Gasteiger partial charge in [0, 0.05) is 11.8 Å². The van der Waals surface area contributed by atoms with Gasteiger partial charge in [-0.2, -0.15) is 0 Å². The number of esters is 1. The molecule has 0 radical (unpaired) electrons. The minimum absolute atomic E-state index is 0. The van der Waals surface area contributed by atoms with Crippen molar-refractivity contribution < 1.29 is 23.8 Å². The highest BCUT2D eigenvalue weighted by Gasteiger charge is 2.17. The number of nitrogens with two attached hydrogens (primary N) is 1. The van der Waals surface area contributed by atoms with Gasteiger partial charge in [-0.3, -0.25) is 4.79 Å². The number of aryl methyl sites for hydroxylation is 1. The van der Waals surface area contributed by atoms with E-state index in [1.165, 1.54) is 14.2 Å². The van der Waals surface area contributed by atoms with Crippen molar-refractivity contribution in [2.75, 3.05) is 26.6 Å². The molecule has 2 aromatic rings. The Labute approximate surface area is 170 Å². The molecule has 0 heterocycles. The summed E-state index contributed by atoms with van der Waals surface area (Å²) in [6.45, 7) is 1.86. The SMILES string of the molecule is COC(=O)c1ccc(C[C@H](N)C(=O)Nc2cc(OC)c(OC)cc2C)cc1.Cl. The number of ether oxygens (including phenoxy) is 3. The fraction of sp³-hybridized carbons (Fsp3) is 0.300. The van der Waals surface area contributed by atoms with E-state index in [0.29, 0.717) is 29.2 Å². The second-order valence-electron chi connectivity index (χ2n) is 6.01. The summed E-state index contributed by atoms with van der Waals surface area (Å²) >= 11 is 0. The summed E-state index contributed by atoms with van der Waals surface area (Å²) < 4.78 is 15.2.